The summed E-state index contributed by atoms with van der Waals surface area (Å²) in [6.45, 7) is 5.89. The van der Waals surface area contributed by atoms with E-state index in [1.807, 2.05) is 32.9 Å². The average Bonchev–Trinajstić information content (AvgIpc) is 2.50. The summed E-state index contributed by atoms with van der Waals surface area (Å²) >= 11 is 6.15. The van der Waals surface area contributed by atoms with Crippen molar-refractivity contribution in [2.24, 2.45) is 0 Å². The summed E-state index contributed by atoms with van der Waals surface area (Å²) in [5.74, 6) is 0.251. The number of aryl methyl sites for hydroxylation is 1. The topological polar surface area (TPSA) is 50.1 Å². The van der Waals surface area contributed by atoms with Gasteiger partial charge >= 0.3 is 5.97 Å². The number of carbonyl (C=O) groups excluding carboxylic acids is 1. The van der Waals surface area contributed by atoms with Crippen LogP contribution in [-0.2, 0) is 0 Å². The maximum Gasteiger partial charge on any atom is 0.343 e. The zero-order chi connectivity index (χ0) is 16.3. The van der Waals surface area contributed by atoms with Gasteiger partial charge in [0.05, 0.1) is 17.2 Å². The fourth-order valence-corrected chi connectivity index (χ4v) is 2.22. The molecule has 0 saturated carbocycles. The SMILES string of the molecule is Cc1cc(OC(=O)c2ccc(C#N)cc2)c(C(C)C)cc1Cl. The number of benzene rings is 2. The van der Waals surface area contributed by atoms with E-state index in [0.29, 0.717) is 21.9 Å². The Morgan fingerprint density at radius 3 is 2.41 bits per heavy atom. The molecular formula is C18H16ClNO2. The zero-order valence-corrected chi connectivity index (χ0v) is 13.4. The molecule has 0 aromatic heterocycles. The maximum atomic E-state index is 12.2. The summed E-state index contributed by atoms with van der Waals surface area (Å²) in [6, 6.07) is 12.0. The van der Waals surface area contributed by atoms with Gasteiger partial charge in [0.15, 0.2) is 0 Å². The van der Waals surface area contributed by atoms with E-state index in [9.17, 15) is 4.79 Å². The first kappa shape index (κ1) is 16.1. The minimum Gasteiger partial charge on any atom is -0.423 e. The van der Waals surface area contributed by atoms with Gasteiger partial charge in [-0.3, -0.25) is 0 Å². The first-order valence-electron chi connectivity index (χ1n) is 6.94. The Bertz CT molecular complexity index is 743. The van der Waals surface area contributed by atoms with Gasteiger partial charge in [0.25, 0.3) is 0 Å². The number of carbonyl (C=O) groups is 1. The lowest BCUT2D eigenvalue weighted by Gasteiger charge is -2.15. The predicted octanol–water partition coefficient (Wildman–Crippen LogP) is 4.86. The Hall–Kier alpha value is -2.31. The Morgan fingerprint density at radius 2 is 1.86 bits per heavy atom. The first-order valence-corrected chi connectivity index (χ1v) is 7.32. The number of ether oxygens (including phenoxy) is 1. The molecule has 2 rings (SSSR count). The Kier molecular flexibility index (Phi) is 4.85. The summed E-state index contributed by atoms with van der Waals surface area (Å²) in [4.78, 5) is 12.2. The smallest absolute Gasteiger partial charge is 0.343 e. The summed E-state index contributed by atoms with van der Waals surface area (Å²) in [5.41, 5.74) is 2.65. The number of esters is 1. The molecule has 2 aromatic carbocycles. The highest BCUT2D eigenvalue weighted by atomic mass is 35.5. The van der Waals surface area contributed by atoms with Gasteiger partial charge in [-0.25, -0.2) is 4.79 Å². The number of nitrogens with zero attached hydrogens (tertiary/aromatic N) is 1. The van der Waals surface area contributed by atoms with Crippen LogP contribution in [0.25, 0.3) is 0 Å². The number of rotatable bonds is 3. The number of hydrogen-bond donors (Lipinski definition) is 0. The van der Waals surface area contributed by atoms with Crippen molar-refractivity contribution in [3.05, 3.63) is 63.7 Å². The van der Waals surface area contributed by atoms with Crippen LogP contribution in [0.5, 0.6) is 5.75 Å². The third-order valence-electron chi connectivity index (χ3n) is 3.37. The van der Waals surface area contributed by atoms with E-state index in [1.54, 1.807) is 30.3 Å². The van der Waals surface area contributed by atoms with Crippen molar-refractivity contribution >= 4 is 17.6 Å². The van der Waals surface area contributed by atoms with E-state index in [1.165, 1.54) is 0 Å². The van der Waals surface area contributed by atoms with E-state index in [-0.39, 0.29) is 5.92 Å². The van der Waals surface area contributed by atoms with Crippen molar-refractivity contribution < 1.29 is 9.53 Å². The van der Waals surface area contributed by atoms with Crippen LogP contribution in [0.4, 0.5) is 0 Å². The third kappa shape index (κ3) is 3.47. The monoisotopic (exact) mass is 313 g/mol. The quantitative estimate of drug-likeness (QED) is 0.600. The fraction of sp³-hybridized carbons (Fsp3) is 0.222. The second kappa shape index (κ2) is 6.64. The molecule has 0 unspecified atom stereocenters. The lowest BCUT2D eigenvalue weighted by Crippen LogP contribution is -2.10. The normalized spacial score (nSPS) is 10.4. The second-order valence-corrected chi connectivity index (χ2v) is 5.78. The van der Waals surface area contributed by atoms with E-state index < -0.39 is 5.97 Å². The molecule has 0 aliphatic heterocycles. The van der Waals surface area contributed by atoms with Crippen molar-refractivity contribution in [1.82, 2.24) is 0 Å². The highest BCUT2D eigenvalue weighted by Crippen LogP contribution is 2.32. The molecule has 0 atom stereocenters. The number of hydrogen-bond acceptors (Lipinski definition) is 3. The van der Waals surface area contributed by atoms with E-state index >= 15 is 0 Å². The molecule has 0 fully saturated rings. The van der Waals surface area contributed by atoms with Gasteiger partial charge in [0, 0.05) is 5.02 Å². The Balaban J connectivity index is 2.31. The lowest BCUT2D eigenvalue weighted by atomic mass is 10.0. The second-order valence-electron chi connectivity index (χ2n) is 5.37. The number of nitriles is 1. The van der Waals surface area contributed by atoms with Gasteiger partial charge in [0.2, 0.25) is 0 Å². The molecular weight excluding hydrogens is 298 g/mol. The molecule has 22 heavy (non-hydrogen) atoms. The van der Waals surface area contributed by atoms with Crippen LogP contribution in [0.3, 0.4) is 0 Å². The van der Waals surface area contributed by atoms with Crippen LogP contribution in [0.15, 0.2) is 36.4 Å². The fourth-order valence-electron chi connectivity index (χ4n) is 2.05. The van der Waals surface area contributed by atoms with Crippen molar-refractivity contribution in [3.8, 4) is 11.8 Å². The number of halogens is 1. The molecule has 2 aromatic rings. The van der Waals surface area contributed by atoms with Crippen molar-refractivity contribution in [3.63, 3.8) is 0 Å². The Morgan fingerprint density at radius 1 is 1.23 bits per heavy atom. The van der Waals surface area contributed by atoms with Gasteiger partial charge in [-0.15, -0.1) is 0 Å². The molecule has 4 heteroatoms. The van der Waals surface area contributed by atoms with Gasteiger partial charge in [0.1, 0.15) is 5.75 Å². The first-order chi connectivity index (χ1) is 10.4. The van der Waals surface area contributed by atoms with Crippen LogP contribution in [0, 0.1) is 18.3 Å². The van der Waals surface area contributed by atoms with Gasteiger partial charge in [-0.1, -0.05) is 25.4 Å². The highest BCUT2D eigenvalue weighted by molar-refractivity contribution is 6.31. The van der Waals surface area contributed by atoms with E-state index in [0.717, 1.165) is 11.1 Å². The molecule has 0 heterocycles. The summed E-state index contributed by atoms with van der Waals surface area (Å²) in [5, 5.41) is 9.43. The summed E-state index contributed by atoms with van der Waals surface area (Å²) < 4.78 is 5.52. The van der Waals surface area contributed by atoms with Gasteiger partial charge < -0.3 is 4.74 Å². The zero-order valence-electron chi connectivity index (χ0n) is 12.7. The molecule has 0 bridgehead atoms. The van der Waals surface area contributed by atoms with Crippen molar-refractivity contribution in [2.45, 2.75) is 26.7 Å². The third-order valence-corrected chi connectivity index (χ3v) is 3.77. The predicted molar refractivity (Wildman–Crippen MR) is 86.4 cm³/mol. The van der Waals surface area contributed by atoms with Gasteiger partial charge in [-0.2, -0.15) is 5.26 Å². The molecule has 0 aliphatic carbocycles. The minimum atomic E-state index is -0.451. The largest absolute Gasteiger partial charge is 0.423 e. The molecule has 112 valence electrons. The lowest BCUT2D eigenvalue weighted by molar-refractivity contribution is 0.0733. The van der Waals surface area contributed by atoms with Crippen molar-refractivity contribution in [2.75, 3.05) is 0 Å². The molecule has 0 amide bonds. The van der Waals surface area contributed by atoms with Crippen LogP contribution in [0.1, 0.15) is 46.8 Å². The average molecular weight is 314 g/mol. The molecule has 0 aliphatic rings. The Labute approximate surface area is 135 Å². The summed E-state index contributed by atoms with van der Waals surface area (Å²) in [6.07, 6.45) is 0. The minimum absolute atomic E-state index is 0.182. The highest BCUT2D eigenvalue weighted by Gasteiger charge is 2.15. The van der Waals surface area contributed by atoms with Crippen LogP contribution >= 0.6 is 11.6 Å². The molecule has 0 spiro atoms. The van der Waals surface area contributed by atoms with Crippen LogP contribution < -0.4 is 4.74 Å². The molecule has 0 radical (unpaired) electrons. The standard InChI is InChI=1S/C18H16ClNO2/c1-11(2)15-9-16(19)12(3)8-17(15)22-18(21)14-6-4-13(10-20)5-7-14/h4-9,11H,1-3H3. The maximum absolute atomic E-state index is 12.2. The van der Waals surface area contributed by atoms with E-state index in [2.05, 4.69) is 0 Å². The molecule has 3 nitrogen and oxygen atoms in total. The van der Waals surface area contributed by atoms with Crippen molar-refractivity contribution in [1.29, 1.82) is 5.26 Å². The summed E-state index contributed by atoms with van der Waals surface area (Å²) in [7, 11) is 0. The molecule has 0 saturated heterocycles. The molecule has 0 N–H and O–H groups in total. The van der Waals surface area contributed by atoms with Crippen LogP contribution in [0.2, 0.25) is 5.02 Å². The van der Waals surface area contributed by atoms with Crippen LogP contribution in [-0.4, -0.2) is 5.97 Å². The van der Waals surface area contributed by atoms with Gasteiger partial charge in [-0.05, 0) is 60.4 Å². The van der Waals surface area contributed by atoms with E-state index in [4.69, 9.17) is 21.6 Å².